The van der Waals surface area contributed by atoms with Gasteiger partial charge in [0.25, 0.3) is 0 Å². The number of halogens is 1. The van der Waals surface area contributed by atoms with Crippen LogP contribution in [0.4, 0.5) is 0 Å². The second-order valence-corrected chi connectivity index (χ2v) is 6.29. The number of aromatic nitrogens is 2. The van der Waals surface area contributed by atoms with Crippen molar-refractivity contribution >= 4 is 44.0 Å². The van der Waals surface area contributed by atoms with Crippen molar-refractivity contribution < 1.29 is 0 Å². The molecular weight excluding hydrogens is 369 g/mol. The van der Waals surface area contributed by atoms with E-state index in [9.17, 15) is 5.26 Å². The van der Waals surface area contributed by atoms with E-state index in [2.05, 4.69) is 46.7 Å². The number of fused-ring (bicyclic) bond motifs is 1. The number of thiophene rings is 1. The predicted octanol–water partition coefficient (Wildman–Crippen LogP) is 4.26. The van der Waals surface area contributed by atoms with Crippen molar-refractivity contribution in [3.05, 3.63) is 39.6 Å². The van der Waals surface area contributed by atoms with Crippen molar-refractivity contribution in [1.29, 1.82) is 5.26 Å². The molecule has 0 atom stereocenters. The van der Waals surface area contributed by atoms with Crippen LogP contribution in [0.3, 0.4) is 0 Å². The first-order valence-electron chi connectivity index (χ1n) is 5.89. The Labute approximate surface area is 128 Å². The number of rotatable bonds is 2. The Morgan fingerprint density at radius 2 is 2.21 bits per heavy atom. The van der Waals surface area contributed by atoms with E-state index in [1.54, 1.807) is 11.3 Å². The smallest absolute Gasteiger partial charge is 0.101 e. The lowest BCUT2D eigenvalue weighted by Crippen LogP contribution is -1.99. The first-order valence-corrected chi connectivity index (χ1v) is 7.79. The van der Waals surface area contributed by atoms with Gasteiger partial charge in [-0.05, 0) is 35.6 Å². The molecule has 3 aromatic rings. The van der Waals surface area contributed by atoms with Gasteiger partial charge in [-0.2, -0.15) is 10.4 Å². The van der Waals surface area contributed by atoms with Crippen molar-refractivity contribution in [2.75, 3.05) is 0 Å². The number of nitriles is 1. The van der Waals surface area contributed by atoms with E-state index >= 15 is 0 Å². The third-order valence-corrected chi connectivity index (χ3v) is 4.98. The Balaban J connectivity index is 2.37. The van der Waals surface area contributed by atoms with Crippen LogP contribution in [0.15, 0.2) is 30.5 Å². The SMILES string of the molecule is CCn1ncc(I)c1-c1sc2ccccc2c1C#N. The van der Waals surface area contributed by atoms with Crippen LogP contribution in [0.25, 0.3) is 20.7 Å². The van der Waals surface area contributed by atoms with Gasteiger partial charge in [-0.3, -0.25) is 4.68 Å². The Morgan fingerprint density at radius 1 is 1.42 bits per heavy atom. The highest BCUT2D eigenvalue weighted by molar-refractivity contribution is 14.1. The molecule has 0 fully saturated rings. The Bertz CT molecular complexity index is 795. The van der Waals surface area contributed by atoms with Crippen LogP contribution in [0.1, 0.15) is 12.5 Å². The molecule has 3 rings (SSSR count). The Morgan fingerprint density at radius 3 is 2.95 bits per heavy atom. The zero-order chi connectivity index (χ0) is 13.4. The molecule has 19 heavy (non-hydrogen) atoms. The van der Waals surface area contributed by atoms with Gasteiger partial charge in [0.1, 0.15) is 6.07 Å². The Hall–Kier alpha value is -1.39. The van der Waals surface area contributed by atoms with Crippen LogP contribution in [0, 0.1) is 14.9 Å². The van der Waals surface area contributed by atoms with Gasteiger partial charge in [0.2, 0.25) is 0 Å². The first-order chi connectivity index (χ1) is 9.26. The molecule has 0 bridgehead atoms. The average Bonchev–Trinajstić information content (AvgIpc) is 2.97. The molecule has 94 valence electrons. The van der Waals surface area contributed by atoms with Crippen molar-refractivity contribution in [1.82, 2.24) is 9.78 Å². The van der Waals surface area contributed by atoms with E-state index in [0.29, 0.717) is 0 Å². The van der Waals surface area contributed by atoms with E-state index in [1.807, 2.05) is 29.1 Å². The van der Waals surface area contributed by atoms with Crippen LogP contribution < -0.4 is 0 Å². The monoisotopic (exact) mass is 379 g/mol. The second kappa shape index (κ2) is 4.94. The summed E-state index contributed by atoms with van der Waals surface area (Å²) in [7, 11) is 0. The molecule has 5 heteroatoms. The molecule has 0 aliphatic carbocycles. The van der Waals surface area contributed by atoms with Gasteiger partial charge in [0.05, 0.1) is 25.9 Å². The maximum absolute atomic E-state index is 9.48. The third-order valence-electron chi connectivity index (χ3n) is 3.02. The number of aryl methyl sites for hydroxylation is 1. The summed E-state index contributed by atoms with van der Waals surface area (Å²) in [4.78, 5) is 1.02. The quantitative estimate of drug-likeness (QED) is 0.625. The maximum Gasteiger partial charge on any atom is 0.101 e. The normalized spacial score (nSPS) is 10.8. The molecule has 0 saturated heterocycles. The molecule has 3 nitrogen and oxygen atoms in total. The maximum atomic E-state index is 9.48. The molecule has 0 N–H and O–H groups in total. The number of benzene rings is 1. The molecule has 0 saturated carbocycles. The zero-order valence-corrected chi connectivity index (χ0v) is 13.2. The standard InChI is InChI=1S/C14H10IN3S/c1-2-18-13(11(15)8-17-18)14-10(7-16)9-5-3-4-6-12(9)19-14/h3-6,8H,2H2,1H3. The molecular formula is C14H10IN3S. The van der Waals surface area contributed by atoms with E-state index in [4.69, 9.17) is 0 Å². The van der Waals surface area contributed by atoms with Crippen molar-refractivity contribution in [3.63, 3.8) is 0 Å². The van der Waals surface area contributed by atoms with E-state index in [1.165, 1.54) is 0 Å². The van der Waals surface area contributed by atoms with Gasteiger partial charge < -0.3 is 0 Å². The lowest BCUT2D eigenvalue weighted by molar-refractivity contribution is 0.668. The molecule has 0 spiro atoms. The molecule has 0 aliphatic rings. The largest absolute Gasteiger partial charge is 0.263 e. The summed E-state index contributed by atoms with van der Waals surface area (Å²) >= 11 is 3.94. The first kappa shape index (κ1) is 12.6. The van der Waals surface area contributed by atoms with Gasteiger partial charge >= 0.3 is 0 Å². The van der Waals surface area contributed by atoms with Gasteiger partial charge in [-0.1, -0.05) is 18.2 Å². The van der Waals surface area contributed by atoms with Crippen LogP contribution in [-0.4, -0.2) is 9.78 Å². The third kappa shape index (κ3) is 1.95. The lowest BCUT2D eigenvalue weighted by Gasteiger charge is -2.03. The molecule has 0 unspecified atom stereocenters. The fourth-order valence-electron chi connectivity index (χ4n) is 2.15. The summed E-state index contributed by atoms with van der Waals surface area (Å²) < 4.78 is 4.18. The van der Waals surface area contributed by atoms with E-state index in [-0.39, 0.29) is 0 Å². The lowest BCUT2D eigenvalue weighted by atomic mass is 10.1. The minimum Gasteiger partial charge on any atom is -0.263 e. The number of hydrogen-bond donors (Lipinski definition) is 0. The molecule has 2 aromatic heterocycles. The van der Waals surface area contributed by atoms with Gasteiger partial charge in [0, 0.05) is 16.6 Å². The van der Waals surface area contributed by atoms with Gasteiger partial charge in [-0.25, -0.2) is 0 Å². The van der Waals surface area contributed by atoms with E-state index < -0.39 is 0 Å². The summed E-state index contributed by atoms with van der Waals surface area (Å²) in [6.07, 6.45) is 1.85. The second-order valence-electron chi connectivity index (χ2n) is 4.07. The molecule has 0 amide bonds. The number of nitrogens with zero attached hydrogens (tertiary/aromatic N) is 3. The zero-order valence-electron chi connectivity index (χ0n) is 10.2. The van der Waals surface area contributed by atoms with E-state index in [0.717, 1.165) is 36.3 Å². The topological polar surface area (TPSA) is 41.6 Å². The van der Waals surface area contributed by atoms with Crippen LogP contribution >= 0.6 is 33.9 Å². The minimum atomic E-state index is 0.758. The highest BCUT2D eigenvalue weighted by atomic mass is 127. The molecule has 0 aliphatic heterocycles. The van der Waals surface area contributed by atoms with Crippen molar-refractivity contribution in [2.45, 2.75) is 13.5 Å². The summed E-state index contributed by atoms with van der Waals surface area (Å²) in [5.74, 6) is 0. The fourth-order valence-corrected chi connectivity index (χ4v) is 4.22. The highest BCUT2D eigenvalue weighted by Gasteiger charge is 2.19. The van der Waals surface area contributed by atoms with Crippen LogP contribution in [0.5, 0.6) is 0 Å². The molecule has 0 radical (unpaired) electrons. The number of hydrogen-bond acceptors (Lipinski definition) is 3. The molecule has 1 aromatic carbocycles. The minimum absolute atomic E-state index is 0.758. The van der Waals surface area contributed by atoms with Crippen molar-refractivity contribution in [2.24, 2.45) is 0 Å². The summed E-state index contributed by atoms with van der Waals surface area (Å²) in [5.41, 5.74) is 1.81. The van der Waals surface area contributed by atoms with Gasteiger partial charge in [-0.15, -0.1) is 11.3 Å². The van der Waals surface area contributed by atoms with Crippen molar-refractivity contribution in [3.8, 4) is 16.6 Å². The Kier molecular flexibility index (Phi) is 3.29. The van der Waals surface area contributed by atoms with Gasteiger partial charge in [0.15, 0.2) is 0 Å². The summed E-state index contributed by atoms with van der Waals surface area (Å²) in [5, 5.41) is 14.9. The fraction of sp³-hybridized carbons (Fsp3) is 0.143. The van der Waals surface area contributed by atoms with Crippen LogP contribution in [-0.2, 0) is 6.54 Å². The summed E-state index contributed by atoms with van der Waals surface area (Å²) in [6.45, 7) is 2.86. The van der Waals surface area contributed by atoms with Crippen LogP contribution in [0.2, 0.25) is 0 Å². The average molecular weight is 379 g/mol. The highest BCUT2D eigenvalue weighted by Crippen LogP contribution is 2.39. The summed E-state index contributed by atoms with van der Waals surface area (Å²) in [6, 6.07) is 10.4. The predicted molar refractivity (Wildman–Crippen MR) is 86.2 cm³/mol. The molecule has 2 heterocycles.